The number of nitrogens with two attached hydrogens (primary N) is 1. The minimum absolute atomic E-state index is 0.0687. The summed E-state index contributed by atoms with van der Waals surface area (Å²) in [5, 5.41) is 10.3. The van der Waals surface area contributed by atoms with E-state index in [0.29, 0.717) is 12.5 Å². The fourth-order valence-corrected chi connectivity index (χ4v) is 2.82. The van der Waals surface area contributed by atoms with Gasteiger partial charge in [-0.1, -0.05) is 37.3 Å². The van der Waals surface area contributed by atoms with E-state index in [1.54, 1.807) is 0 Å². The molecule has 0 bridgehead atoms. The predicted octanol–water partition coefficient (Wildman–Crippen LogP) is 2.10. The Labute approximate surface area is 91.1 Å². The van der Waals surface area contributed by atoms with Crippen LogP contribution in [0.4, 0.5) is 0 Å². The zero-order valence-corrected chi connectivity index (χ0v) is 9.19. The van der Waals surface area contributed by atoms with Crippen LogP contribution < -0.4 is 5.73 Å². The summed E-state index contributed by atoms with van der Waals surface area (Å²) in [6, 6.07) is 9.85. The van der Waals surface area contributed by atoms with E-state index >= 15 is 0 Å². The van der Waals surface area contributed by atoms with E-state index < -0.39 is 6.10 Å². The second kappa shape index (κ2) is 3.95. The molecule has 1 fully saturated rings. The van der Waals surface area contributed by atoms with Crippen molar-refractivity contribution in [2.75, 3.05) is 6.54 Å². The van der Waals surface area contributed by atoms with E-state index in [1.807, 2.05) is 30.3 Å². The Morgan fingerprint density at radius 1 is 1.40 bits per heavy atom. The highest BCUT2D eigenvalue weighted by molar-refractivity contribution is 5.21. The molecule has 2 rings (SSSR count). The summed E-state index contributed by atoms with van der Waals surface area (Å²) in [5.41, 5.74) is 6.74. The summed E-state index contributed by atoms with van der Waals surface area (Å²) in [6.45, 7) is 2.79. The summed E-state index contributed by atoms with van der Waals surface area (Å²) >= 11 is 0. The van der Waals surface area contributed by atoms with Crippen LogP contribution in [0.2, 0.25) is 0 Å². The molecule has 0 spiro atoms. The molecule has 0 amide bonds. The lowest BCUT2D eigenvalue weighted by molar-refractivity contribution is -0.0602. The Hall–Kier alpha value is -0.860. The molecule has 0 saturated heterocycles. The van der Waals surface area contributed by atoms with Crippen molar-refractivity contribution >= 4 is 0 Å². The van der Waals surface area contributed by atoms with Gasteiger partial charge in [-0.3, -0.25) is 0 Å². The average Bonchev–Trinajstić information content (AvgIpc) is 2.25. The first-order valence-electron chi connectivity index (χ1n) is 5.61. The number of aliphatic hydroxyl groups is 1. The van der Waals surface area contributed by atoms with Crippen LogP contribution in [-0.2, 0) is 0 Å². The monoisotopic (exact) mass is 205 g/mol. The van der Waals surface area contributed by atoms with Gasteiger partial charge in [0.05, 0.1) is 6.10 Å². The van der Waals surface area contributed by atoms with Crippen molar-refractivity contribution in [1.29, 1.82) is 0 Å². The largest absolute Gasteiger partial charge is 0.388 e. The van der Waals surface area contributed by atoms with Gasteiger partial charge in [0.2, 0.25) is 0 Å². The number of rotatable bonds is 3. The van der Waals surface area contributed by atoms with Gasteiger partial charge in [0, 0.05) is 12.0 Å². The maximum absolute atomic E-state index is 10.3. The first-order chi connectivity index (χ1) is 7.18. The maximum Gasteiger partial charge on any atom is 0.0858 e. The molecular formula is C13H19NO. The van der Waals surface area contributed by atoms with Crippen molar-refractivity contribution in [1.82, 2.24) is 0 Å². The van der Waals surface area contributed by atoms with Crippen molar-refractivity contribution in [2.24, 2.45) is 17.1 Å². The SMILES string of the molecule is CC1CC(CN)([C@@H](O)c2ccccc2)C1. The fourth-order valence-electron chi connectivity index (χ4n) is 2.82. The van der Waals surface area contributed by atoms with Crippen LogP contribution in [0.25, 0.3) is 0 Å². The molecule has 3 N–H and O–H groups in total. The van der Waals surface area contributed by atoms with Gasteiger partial charge in [-0.2, -0.15) is 0 Å². The van der Waals surface area contributed by atoms with Crippen LogP contribution in [0.1, 0.15) is 31.4 Å². The number of benzene rings is 1. The Morgan fingerprint density at radius 3 is 2.47 bits per heavy atom. The minimum atomic E-state index is -0.403. The lowest BCUT2D eigenvalue weighted by atomic mass is 9.58. The molecule has 1 aromatic carbocycles. The Balaban J connectivity index is 2.17. The Kier molecular flexibility index (Phi) is 2.81. The molecule has 1 aromatic rings. The number of hydrogen-bond donors (Lipinski definition) is 2. The van der Waals surface area contributed by atoms with Gasteiger partial charge in [0.1, 0.15) is 0 Å². The fraction of sp³-hybridized carbons (Fsp3) is 0.538. The van der Waals surface area contributed by atoms with Gasteiger partial charge in [0.25, 0.3) is 0 Å². The molecular weight excluding hydrogens is 186 g/mol. The summed E-state index contributed by atoms with van der Waals surface area (Å²) in [6.07, 6.45) is 1.68. The second-order valence-corrected chi connectivity index (χ2v) is 4.89. The van der Waals surface area contributed by atoms with E-state index in [9.17, 15) is 5.11 Å². The minimum Gasteiger partial charge on any atom is -0.388 e. The van der Waals surface area contributed by atoms with E-state index in [1.165, 1.54) is 0 Å². The summed E-state index contributed by atoms with van der Waals surface area (Å²) in [7, 11) is 0. The molecule has 82 valence electrons. The van der Waals surface area contributed by atoms with Crippen LogP contribution in [0.5, 0.6) is 0 Å². The van der Waals surface area contributed by atoms with Crippen molar-refractivity contribution in [3.8, 4) is 0 Å². The van der Waals surface area contributed by atoms with Crippen LogP contribution in [0.3, 0.4) is 0 Å². The van der Waals surface area contributed by atoms with Gasteiger partial charge in [-0.15, -0.1) is 0 Å². The summed E-state index contributed by atoms with van der Waals surface area (Å²) in [4.78, 5) is 0. The zero-order chi connectivity index (χ0) is 10.9. The van der Waals surface area contributed by atoms with E-state index in [0.717, 1.165) is 18.4 Å². The van der Waals surface area contributed by atoms with Crippen LogP contribution >= 0.6 is 0 Å². The Morgan fingerprint density at radius 2 is 2.00 bits per heavy atom. The molecule has 1 atom stereocenters. The first kappa shape index (κ1) is 10.7. The molecule has 1 saturated carbocycles. The van der Waals surface area contributed by atoms with E-state index in [-0.39, 0.29) is 5.41 Å². The van der Waals surface area contributed by atoms with Gasteiger partial charge in [-0.05, 0) is 24.3 Å². The highest BCUT2D eigenvalue weighted by atomic mass is 16.3. The summed E-state index contributed by atoms with van der Waals surface area (Å²) in [5.74, 6) is 0.701. The molecule has 0 aromatic heterocycles. The Bertz CT molecular complexity index is 317. The number of hydrogen-bond acceptors (Lipinski definition) is 2. The lowest BCUT2D eigenvalue weighted by Crippen LogP contribution is -2.46. The molecule has 1 aliphatic rings. The molecule has 0 aliphatic heterocycles. The highest BCUT2D eigenvalue weighted by Crippen LogP contribution is 2.52. The van der Waals surface area contributed by atoms with E-state index in [4.69, 9.17) is 5.73 Å². The maximum atomic E-state index is 10.3. The molecule has 1 aliphatic carbocycles. The number of aliphatic hydroxyl groups excluding tert-OH is 1. The molecule has 0 heterocycles. The molecule has 15 heavy (non-hydrogen) atoms. The molecule has 2 nitrogen and oxygen atoms in total. The van der Waals surface area contributed by atoms with Gasteiger partial charge >= 0.3 is 0 Å². The average molecular weight is 205 g/mol. The third-order valence-corrected chi connectivity index (χ3v) is 3.61. The van der Waals surface area contributed by atoms with Gasteiger partial charge in [0.15, 0.2) is 0 Å². The van der Waals surface area contributed by atoms with Crippen molar-refractivity contribution < 1.29 is 5.11 Å². The van der Waals surface area contributed by atoms with Crippen molar-refractivity contribution in [2.45, 2.75) is 25.9 Å². The topological polar surface area (TPSA) is 46.2 Å². The third kappa shape index (κ3) is 1.80. The predicted molar refractivity (Wildman–Crippen MR) is 61.3 cm³/mol. The normalized spacial score (nSPS) is 32.1. The molecule has 0 unspecified atom stereocenters. The van der Waals surface area contributed by atoms with Crippen molar-refractivity contribution in [3.05, 3.63) is 35.9 Å². The highest BCUT2D eigenvalue weighted by Gasteiger charge is 2.46. The van der Waals surface area contributed by atoms with Crippen LogP contribution in [0.15, 0.2) is 30.3 Å². The first-order valence-corrected chi connectivity index (χ1v) is 5.61. The molecule has 2 heteroatoms. The smallest absolute Gasteiger partial charge is 0.0858 e. The van der Waals surface area contributed by atoms with Gasteiger partial charge in [-0.25, -0.2) is 0 Å². The molecule has 0 radical (unpaired) electrons. The van der Waals surface area contributed by atoms with E-state index in [2.05, 4.69) is 6.92 Å². The van der Waals surface area contributed by atoms with Crippen LogP contribution in [0, 0.1) is 11.3 Å². The zero-order valence-electron chi connectivity index (χ0n) is 9.19. The summed E-state index contributed by atoms with van der Waals surface area (Å²) < 4.78 is 0. The standard InChI is InChI=1S/C13H19NO/c1-10-7-13(8-10,9-14)12(15)11-5-3-2-4-6-11/h2-6,10,12,15H,7-9,14H2,1H3/t10?,12-,13?/m0/s1. The second-order valence-electron chi connectivity index (χ2n) is 4.89. The van der Waals surface area contributed by atoms with Crippen LogP contribution in [-0.4, -0.2) is 11.7 Å². The van der Waals surface area contributed by atoms with Gasteiger partial charge < -0.3 is 10.8 Å². The third-order valence-electron chi connectivity index (χ3n) is 3.61. The van der Waals surface area contributed by atoms with Crippen molar-refractivity contribution in [3.63, 3.8) is 0 Å². The quantitative estimate of drug-likeness (QED) is 0.793. The lowest BCUT2D eigenvalue weighted by Gasteiger charge is -2.49.